The van der Waals surface area contributed by atoms with Crippen LogP contribution in [0.2, 0.25) is 0 Å². The average Bonchev–Trinajstić information content (AvgIpc) is 3.23. The summed E-state index contributed by atoms with van der Waals surface area (Å²) in [4.78, 5) is 0. The molecule has 0 spiro atoms. The Hall–Kier alpha value is -3.92. The lowest BCUT2D eigenvalue weighted by Crippen LogP contribution is -2.81. The van der Waals surface area contributed by atoms with Crippen LogP contribution in [0.3, 0.4) is 0 Å². The van der Waals surface area contributed by atoms with Gasteiger partial charge in [-0.2, -0.15) is 246 Å². The van der Waals surface area contributed by atoms with E-state index in [4.69, 9.17) is 0 Å². The predicted molar refractivity (Wildman–Crippen MR) is 136 cm³/mol. The molecule has 0 N–H and O–H groups in total. The second-order valence-electron chi connectivity index (χ2n) is 15.4. The summed E-state index contributed by atoms with van der Waals surface area (Å²) >= 11 is 0. The normalized spacial score (nSPS) is 17.6. The molecule has 0 saturated carbocycles. The number of alkyl halides is 56. The summed E-state index contributed by atoms with van der Waals surface area (Å²) in [6.07, 6.45) is -17.4. The second kappa shape index (κ2) is 18.6. The molecule has 0 nitrogen and oxygen atoms in total. The molecule has 0 aliphatic carbocycles. The van der Waals surface area contributed by atoms with Gasteiger partial charge in [0.1, 0.15) is 0 Å². The van der Waals surface area contributed by atoms with E-state index in [0.717, 1.165) is 0 Å². The summed E-state index contributed by atoms with van der Waals surface area (Å²) in [5.41, 5.74) is 0. The molecule has 0 heterocycles. The van der Waals surface area contributed by atoms with E-state index in [-0.39, 0.29) is 0 Å². The van der Waals surface area contributed by atoms with E-state index >= 15 is 0 Å². The Kier molecular flexibility index (Phi) is 17.7. The van der Waals surface area contributed by atoms with E-state index in [2.05, 4.69) is 0 Å². The Morgan fingerprint density at radius 2 is 0.0964 bits per heavy atom. The first-order valence-corrected chi connectivity index (χ1v) is 17.1. The third kappa shape index (κ3) is 8.54. The van der Waals surface area contributed by atoms with Crippen LogP contribution in [0, 0.1) is 0 Å². The van der Waals surface area contributed by atoms with Gasteiger partial charge < -0.3 is 0 Å². The lowest BCUT2D eigenvalue weighted by Gasteiger charge is -2.48. The molecule has 0 aromatic carbocycles. The van der Waals surface area contributed by atoms with Crippen LogP contribution in [0.1, 0.15) is 0 Å². The predicted octanol–water partition coefficient (Wildman–Crippen LogP) is 18.0. The van der Waals surface area contributed by atoms with E-state index < -0.39 is 160 Å². The lowest BCUT2D eigenvalue weighted by atomic mass is 9.81. The molecule has 0 rings (SSSR count). The van der Waals surface area contributed by atoms with Crippen molar-refractivity contribution in [2.75, 3.05) is 0 Å². The number of rotatable bonds is 24. The minimum absolute atomic E-state index is 8.68. The smallest absolute Gasteiger partial charge is 0.192 e. The van der Waals surface area contributed by atoms with Gasteiger partial charge in [0.25, 0.3) is 0 Å². The maximum Gasteiger partial charge on any atom is 0.460 e. The number of halogens is 56. The zero-order valence-corrected chi connectivity index (χ0v) is 34.7. The minimum Gasteiger partial charge on any atom is -0.192 e. The molecule has 0 fully saturated rings. The highest BCUT2D eigenvalue weighted by Gasteiger charge is 3.05. The molecule has 0 bridgehead atoms. The van der Waals surface area contributed by atoms with Crippen molar-refractivity contribution in [1.82, 2.24) is 0 Å². The maximum atomic E-state index is 14.1. The molecule has 0 unspecified atom stereocenters. The Bertz CT molecular complexity index is 2170. The van der Waals surface area contributed by atoms with Crippen LogP contribution >= 0.6 is 0 Å². The SMILES string of the molecule is FC(F)(F)C(F)(F)C(F)(F)C(F)(F)C(F)(F)C(F)(F)C(F)(F)C(F)(F)C(F)(F)C(F)(F)C(F)(F)C(F)(F)C(F)(F)C(F)(F)C(F)(F)C(F)(F)C(F)(F)C(F)(F)C(F)(F)C(F)(F)C(F)(F)C(F)(F)C(F)(F)C(F)(F)C(F)(F)C(F)(F)C(F)(F)F. The monoisotopic (exact) mass is 1390 g/mol. The van der Waals surface area contributed by atoms with Crippen molar-refractivity contribution in [3.63, 3.8) is 0 Å². The van der Waals surface area contributed by atoms with Crippen LogP contribution in [0.4, 0.5) is 246 Å². The van der Waals surface area contributed by atoms with Crippen LogP contribution in [-0.4, -0.2) is 160 Å². The lowest BCUT2D eigenvalue weighted by molar-refractivity contribution is -0.500. The van der Waals surface area contributed by atoms with Gasteiger partial charge in [0.05, 0.1) is 0 Å². The fourth-order valence-corrected chi connectivity index (χ4v) is 4.89. The Morgan fingerprint density at radius 3 is 0.133 bits per heavy atom. The fourth-order valence-electron chi connectivity index (χ4n) is 4.89. The van der Waals surface area contributed by atoms with E-state index in [0.29, 0.717) is 0 Å². The van der Waals surface area contributed by atoms with Crippen molar-refractivity contribution in [2.24, 2.45) is 0 Å². The molecule has 0 saturated heterocycles. The number of hydrogen-bond acceptors (Lipinski definition) is 0. The molecule has 56 heteroatoms. The van der Waals surface area contributed by atoms with E-state index in [1.54, 1.807) is 0 Å². The van der Waals surface area contributed by atoms with Gasteiger partial charge in [0, 0.05) is 0 Å². The summed E-state index contributed by atoms with van der Waals surface area (Å²) in [5.74, 6) is -264. The first-order chi connectivity index (χ1) is 34.5. The Labute approximate surface area is 407 Å². The van der Waals surface area contributed by atoms with Gasteiger partial charge in [-0.3, -0.25) is 0 Å². The molecule has 500 valence electrons. The quantitative estimate of drug-likeness (QED) is 0.0845. The van der Waals surface area contributed by atoms with Crippen LogP contribution in [0.15, 0.2) is 0 Å². The van der Waals surface area contributed by atoms with Gasteiger partial charge in [0.15, 0.2) is 0 Å². The van der Waals surface area contributed by atoms with Crippen molar-refractivity contribution in [2.45, 2.75) is 160 Å². The molecule has 0 aromatic heterocycles. The zero-order valence-electron chi connectivity index (χ0n) is 34.7. The van der Waals surface area contributed by atoms with Crippen molar-refractivity contribution in [1.29, 1.82) is 0 Å². The van der Waals surface area contributed by atoms with Crippen molar-refractivity contribution < 1.29 is 246 Å². The largest absolute Gasteiger partial charge is 0.460 e. The minimum atomic E-state index is -11.1. The van der Waals surface area contributed by atoms with Crippen LogP contribution in [-0.2, 0) is 0 Å². The highest BCUT2D eigenvalue weighted by atomic mass is 19.5. The molecule has 0 aliphatic heterocycles. The zero-order chi connectivity index (χ0) is 69.5. The number of hydrogen-bond donors (Lipinski definition) is 0. The van der Waals surface area contributed by atoms with Crippen LogP contribution in [0.5, 0.6) is 0 Å². The van der Waals surface area contributed by atoms with Crippen LogP contribution in [0.25, 0.3) is 0 Å². The van der Waals surface area contributed by atoms with Gasteiger partial charge in [-0.1, -0.05) is 0 Å². The summed E-state index contributed by atoms with van der Waals surface area (Å²) in [5, 5.41) is 0. The van der Waals surface area contributed by atoms with Gasteiger partial charge in [0.2, 0.25) is 0 Å². The van der Waals surface area contributed by atoms with E-state index in [1.165, 1.54) is 0 Å². The molecule has 0 radical (unpaired) electrons. The van der Waals surface area contributed by atoms with E-state index in [1.807, 2.05) is 0 Å². The summed E-state index contributed by atoms with van der Waals surface area (Å²) in [6.45, 7) is 0. The summed E-state index contributed by atoms with van der Waals surface area (Å²) < 4.78 is 764. The maximum absolute atomic E-state index is 14.1. The highest BCUT2D eigenvalue weighted by Crippen LogP contribution is 2.73. The molecule has 0 amide bonds. The second-order valence-corrected chi connectivity index (χ2v) is 15.4. The summed E-state index contributed by atoms with van der Waals surface area (Å²) in [7, 11) is 0. The fraction of sp³-hybridized carbons (Fsp3) is 1.00. The topological polar surface area (TPSA) is 0 Å². The molecule has 0 atom stereocenters. The van der Waals surface area contributed by atoms with E-state index in [9.17, 15) is 246 Å². The molecule has 0 aromatic rings. The van der Waals surface area contributed by atoms with Gasteiger partial charge >= 0.3 is 160 Å². The average molecular weight is 1390 g/mol. The Balaban J connectivity index is 8.30. The van der Waals surface area contributed by atoms with Gasteiger partial charge in [-0.15, -0.1) is 0 Å². The molecule has 0 aliphatic rings. The first-order valence-electron chi connectivity index (χ1n) is 17.1. The van der Waals surface area contributed by atoms with Crippen molar-refractivity contribution in [3.8, 4) is 0 Å². The highest BCUT2D eigenvalue weighted by molar-refractivity contribution is 5.25. The van der Waals surface area contributed by atoms with Crippen molar-refractivity contribution in [3.05, 3.63) is 0 Å². The third-order valence-electron chi connectivity index (χ3n) is 10.2. The Morgan fingerprint density at radius 1 is 0.0602 bits per heavy atom. The van der Waals surface area contributed by atoms with Gasteiger partial charge in [-0.25, -0.2) is 0 Å². The molecule has 83 heavy (non-hydrogen) atoms. The third-order valence-corrected chi connectivity index (χ3v) is 10.2. The molecular formula is C27F56. The van der Waals surface area contributed by atoms with Gasteiger partial charge in [-0.05, 0) is 0 Å². The molecular weight excluding hydrogens is 1390 g/mol. The van der Waals surface area contributed by atoms with Crippen LogP contribution < -0.4 is 0 Å². The first kappa shape index (κ1) is 79.1. The standard InChI is InChI=1S/C27F56/c28-1(29,2(30,31)4(34,35)6(38,39)8(42,43)10(46,47)12(50,51)14(54,55)16(58,59)18(62,63)20(66,67)22(70,71)24(74,75)26(78,79)80)3(32,33)5(36,37)7(40,41)9(44,45)11(48,49)13(52,53)15(56,57)17(60,61)19(64,65)21(68,69)23(72,73)25(76,77)27(81,82)83. The summed E-state index contributed by atoms with van der Waals surface area (Å²) in [6, 6.07) is 0. The van der Waals surface area contributed by atoms with Crippen molar-refractivity contribution >= 4 is 0 Å².